The Hall–Kier alpha value is -1.31. The number of nitrogens with zero attached hydrogens (tertiary/aromatic N) is 1. The van der Waals surface area contributed by atoms with Crippen molar-refractivity contribution < 1.29 is 13.2 Å². The van der Waals surface area contributed by atoms with E-state index in [1.54, 1.807) is 24.3 Å². The molecule has 118 valence electrons. The fourth-order valence-corrected chi connectivity index (χ4v) is 3.16. The van der Waals surface area contributed by atoms with Gasteiger partial charge < -0.3 is 15.4 Å². The smallest absolute Gasteiger partial charge is 0.214 e. The van der Waals surface area contributed by atoms with Gasteiger partial charge in [-0.2, -0.15) is 0 Å². The molecule has 0 aromatic heterocycles. The van der Waals surface area contributed by atoms with Gasteiger partial charge in [0.1, 0.15) is 12.4 Å². The van der Waals surface area contributed by atoms with Gasteiger partial charge in [-0.3, -0.25) is 0 Å². The standard InChI is InChI=1S/C14H23N3O3S/c15-13-5-1-2-6-14(13)20-11-12-21(18,19)16-7-10-17-8-3-4-9-17/h1-2,5-6,16H,3-4,7-12,15H2. The zero-order valence-corrected chi connectivity index (χ0v) is 12.9. The summed E-state index contributed by atoms with van der Waals surface area (Å²) in [5, 5.41) is 0. The second kappa shape index (κ2) is 7.63. The van der Waals surface area contributed by atoms with Crippen molar-refractivity contribution in [2.45, 2.75) is 12.8 Å². The molecule has 0 amide bonds. The Labute approximate surface area is 126 Å². The van der Waals surface area contributed by atoms with Gasteiger partial charge in [0.2, 0.25) is 10.0 Å². The van der Waals surface area contributed by atoms with Crippen molar-refractivity contribution in [1.29, 1.82) is 0 Å². The minimum absolute atomic E-state index is 0.0681. The first-order valence-electron chi connectivity index (χ1n) is 7.24. The summed E-state index contributed by atoms with van der Waals surface area (Å²) in [6.07, 6.45) is 2.41. The van der Waals surface area contributed by atoms with Crippen LogP contribution in [0.25, 0.3) is 0 Å². The number of benzene rings is 1. The van der Waals surface area contributed by atoms with E-state index in [2.05, 4.69) is 9.62 Å². The largest absolute Gasteiger partial charge is 0.490 e. The van der Waals surface area contributed by atoms with Crippen LogP contribution in [0.3, 0.4) is 0 Å². The van der Waals surface area contributed by atoms with Crippen LogP contribution >= 0.6 is 0 Å². The number of para-hydroxylation sites is 2. The highest BCUT2D eigenvalue weighted by Crippen LogP contribution is 2.19. The molecule has 0 radical (unpaired) electrons. The Morgan fingerprint density at radius 1 is 1.24 bits per heavy atom. The molecule has 1 fully saturated rings. The van der Waals surface area contributed by atoms with Crippen molar-refractivity contribution in [3.05, 3.63) is 24.3 Å². The summed E-state index contributed by atoms with van der Waals surface area (Å²) in [4.78, 5) is 2.27. The molecule has 1 heterocycles. The molecule has 7 heteroatoms. The molecule has 0 unspecified atom stereocenters. The van der Waals surface area contributed by atoms with Crippen molar-refractivity contribution in [3.8, 4) is 5.75 Å². The molecule has 0 bridgehead atoms. The minimum Gasteiger partial charge on any atom is -0.490 e. The lowest BCUT2D eigenvalue weighted by Crippen LogP contribution is -2.35. The third kappa shape index (κ3) is 5.53. The highest BCUT2D eigenvalue weighted by Gasteiger charge is 2.14. The summed E-state index contributed by atoms with van der Waals surface area (Å²) in [5.74, 6) is 0.450. The molecule has 1 aromatic rings. The number of rotatable bonds is 8. The van der Waals surface area contributed by atoms with E-state index < -0.39 is 10.0 Å². The van der Waals surface area contributed by atoms with E-state index in [4.69, 9.17) is 10.5 Å². The Bertz CT molecular complexity index is 542. The summed E-state index contributed by atoms with van der Waals surface area (Å²) in [6, 6.07) is 7.05. The monoisotopic (exact) mass is 313 g/mol. The van der Waals surface area contributed by atoms with Gasteiger partial charge in [0.05, 0.1) is 11.4 Å². The average molecular weight is 313 g/mol. The van der Waals surface area contributed by atoms with Gasteiger partial charge in [0.15, 0.2) is 0 Å². The number of hydrogen-bond acceptors (Lipinski definition) is 5. The van der Waals surface area contributed by atoms with Crippen molar-refractivity contribution in [3.63, 3.8) is 0 Å². The molecule has 1 aliphatic rings. The van der Waals surface area contributed by atoms with Crippen LogP contribution in [-0.4, -0.2) is 51.9 Å². The number of nitrogens with two attached hydrogens (primary N) is 1. The highest BCUT2D eigenvalue weighted by atomic mass is 32.2. The number of anilines is 1. The molecule has 0 spiro atoms. The van der Waals surface area contributed by atoms with E-state index in [0.717, 1.165) is 19.6 Å². The van der Waals surface area contributed by atoms with Crippen LogP contribution in [0.15, 0.2) is 24.3 Å². The third-order valence-electron chi connectivity index (χ3n) is 3.48. The van der Waals surface area contributed by atoms with Crippen LogP contribution in [0.1, 0.15) is 12.8 Å². The second-order valence-electron chi connectivity index (χ2n) is 5.15. The summed E-state index contributed by atoms with van der Waals surface area (Å²) < 4.78 is 31.7. The lowest BCUT2D eigenvalue weighted by Gasteiger charge is -2.15. The van der Waals surface area contributed by atoms with Gasteiger partial charge in [-0.25, -0.2) is 13.1 Å². The van der Waals surface area contributed by atoms with Gasteiger partial charge >= 0.3 is 0 Å². The lowest BCUT2D eigenvalue weighted by atomic mass is 10.3. The van der Waals surface area contributed by atoms with E-state index in [0.29, 0.717) is 18.0 Å². The van der Waals surface area contributed by atoms with Crippen LogP contribution in [0, 0.1) is 0 Å². The average Bonchev–Trinajstić information content (AvgIpc) is 2.94. The lowest BCUT2D eigenvalue weighted by molar-refractivity contribution is 0.337. The van der Waals surface area contributed by atoms with Crippen LogP contribution in [0.2, 0.25) is 0 Å². The number of nitrogens with one attached hydrogen (secondary N) is 1. The Balaban J connectivity index is 1.67. The molecule has 0 aliphatic carbocycles. The van der Waals surface area contributed by atoms with E-state index in [1.165, 1.54) is 12.8 Å². The predicted molar refractivity (Wildman–Crippen MR) is 83.8 cm³/mol. The summed E-state index contributed by atoms with van der Waals surface area (Å²) in [7, 11) is -3.30. The molecule has 1 aliphatic heterocycles. The van der Waals surface area contributed by atoms with E-state index in [1.807, 2.05) is 0 Å². The molecule has 0 atom stereocenters. The Kier molecular flexibility index (Phi) is 5.84. The van der Waals surface area contributed by atoms with Gasteiger partial charge in [0.25, 0.3) is 0 Å². The van der Waals surface area contributed by atoms with Gasteiger partial charge in [0, 0.05) is 13.1 Å². The topological polar surface area (TPSA) is 84.7 Å². The molecule has 6 nitrogen and oxygen atoms in total. The first kappa shape index (κ1) is 16.1. The molecular formula is C14H23N3O3S. The van der Waals surface area contributed by atoms with Gasteiger partial charge in [-0.15, -0.1) is 0 Å². The number of sulfonamides is 1. The summed E-state index contributed by atoms with van der Waals surface area (Å²) >= 11 is 0. The number of ether oxygens (including phenoxy) is 1. The summed E-state index contributed by atoms with van der Waals surface area (Å²) in [6.45, 7) is 3.45. The van der Waals surface area contributed by atoms with E-state index in [-0.39, 0.29) is 12.4 Å². The van der Waals surface area contributed by atoms with Crippen molar-refractivity contribution in [1.82, 2.24) is 9.62 Å². The zero-order valence-electron chi connectivity index (χ0n) is 12.1. The highest BCUT2D eigenvalue weighted by molar-refractivity contribution is 7.89. The van der Waals surface area contributed by atoms with E-state index >= 15 is 0 Å². The fourth-order valence-electron chi connectivity index (χ4n) is 2.31. The van der Waals surface area contributed by atoms with Crippen LogP contribution in [0.4, 0.5) is 5.69 Å². The normalized spacial score (nSPS) is 16.2. The maximum atomic E-state index is 11.8. The molecular weight excluding hydrogens is 290 g/mol. The van der Waals surface area contributed by atoms with Gasteiger partial charge in [-0.05, 0) is 38.1 Å². The number of hydrogen-bond donors (Lipinski definition) is 2. The third-order valence-corrected chi connectivity index (χ3v) is 4.83. The maximum absolute atomic E-state index is 11.8. The van der Waals surface area contributed by atoms with E-state index in [9.17, 15) is 8.42 Å². The zero-order chi connectivity index (χ0) is 15.1. The molecule has 21 heavy (non-hydrogen) atoms. The SMILES string of the molecule is Nc1ccccc1OCCS(=O)(=O)NCCN1CCCC1. The second-order valence-corrected chi connectivity index (χ2v) is 7.07. The molecule has 1 saturated heterocycles. The quantitative estimate of drug-likeness (QED) is 0.689. The predicted octanol–water partition coefficient (Wildman–Crippen LogP) is 0.663. The maximum Gasteiger partial charge on any atom is 0.214 e. The first-order chi connectivity index (χ1) is 10.1. The molecule has 0 saturated carbocycles. The Morgan fingerprint density at radius 3 is 2.67 bits per heavy atom. The fraction of sp³-hybridized carbons (Fsp3) is 0.571. The number of likely N-dealkylation sites (tertiary alicyclic amines) is 1. The van der Waals surface area contributed by atoms with Gasteiger partial charge in [-0.1, -0.05) is 12.1 Å². The minimum atomic E-state index is -3.30. The molecule has 1 aromatic carbocycles. The van der Waals surface area contributed by atoms with Crippen molar-refractivity contribution in [2.75, 3.05) is 44.3 Å². The van der Waals surface area contributed by atoms with Crippen LogP contribution in [-0.2, 0) is 10.0 Å². The first-order valence-corrected chi connectivity index (χ1v) is 8.89. The molecule has 2 rings (SSSR count). The summed E-state index contributed by atoms with van der Waals surface area (Å²) in [5.41, 5.74) is 6.24. The Morgan fingerprint density at radius 2 is 1.95 bits per heavy atom. The molecule has 3 N–H and O–H groups in total. The number of nitrogen functional groups attached to an aromatic ring is 1. The van der Waals surface area contributed by atoms with Crippen LogP contribution < -0.4 is 15.2 Å². The van der Waals surface area contributed by atoms with Crippen molar-refractivity contribution in [2.24, 2.45) is 0 Å². The van der Waals surface area contributed by atoms with Crippen molar-refractivity contribution >= 4 is 15.7 Å². The van der Waals surface area contributed by atoms with Crippen LogP contribution in [0.5, 0.6) is 5.75 Å².